The van der Waals surface area contributed by atoms with Crippen molar-refractivity contribution in [2.45, 2.75) is 6.54 Å². The van der Waals surface area contributed by atoms with E-state index in [1.54, 1.807) is 12.1 Å². The highest BCUT2D eigenvalue weighted by molar-refractivity contribution is 7.14. The van der Waals surface area contributed by atoms with Crippen LogP contribution in [-0.4, -0.2) is 48.7 Å². The van der Waals surface area contributed by atoms with Crippen molar-refractivity contribution >= 4 is 40.1 Å². The summed E-state index contributed by atoms with van der Waals surface area (Å²) < 4.78 is 11.0. The minimum Gasteiger partial charge on any atom is -0.488 e. The number of fused-ring (bicyclic) bond motifs is 1. The third-order valence-electron chi connectivity index (χ3n) is 4.24. The molecule has 0 saturated carbocycles. The summed E-state index contributed by atoms with van der Waals surface area (Å²) in [5, 5.41) is 6.04. The number of anilines is 1. The molecule has 0 spiro atoms. The van der Waals surface area contributed by atoms with Crippen LogP contribution in [0.3, 0.4) is 0 Å². The van der Waals surface area contributed by atoms with E-state index in [1.807, 2.05) is 17.5 Å². The van der Waals surface area contributed by atoms with Crippen LogP contribution in [0, 0.1) is 0 Å². The number of halogens is 1. The number of carbonyl (C=O) groups excluding carboxylic acids is 1. The molecule has 1 saturated heterocycles. The van der Waals surface area contributed by atoms with Crippen LogP contribution in [0.5, 0.6) is 5.75 Å². The largest absolute Gasteiger partial charge is 0.488 e. The first-order valence-corrected chi connectivity index (χ1v) is 9.62. The predicted octanol–water partition coefficient (Wildman–Crippen LogP) is 3.04. The van der Waals surface area contributed by atoms with E-state index in [1.165, 1.54) is 11.3 Å². The third kappa shape index (κ3) is 4.07. The molecule has 2 aliphatic rings. The first-order valence-electron chi connectivity index (χ1n) is 8.36. The molecular formula is C18H18ClN3O3S. The van der Waals surface area contributed by atoms with Crippen LogP contribution in [0.1, 0.15) is 11.3 Å². The summed E-state index contributed by atoms with van der Waals surface area (Å²) in [7, 11) is 0. The lowest BCUT2D eigenvalue weighted by molar-refractivity contribution is -0.113. The van der Waals surface area contributed by atoms with Crippen LogP contribution in [0.25, 0.3) is 6.08 Å². The standard InChI is InChI=1S/C18H18ClN3O3S/c19-14-1-2-16-12(8-14)7-13(10-25-16)17(23)21-18-20-15(11-26-18)9-22-3-5-24-6-4-22/h1-2,7-8,11H,3-6,9-10H2,(H,20,21,23). The molecule has 0 aliphatic carbocycles. The Hall–Kier alpha value is -1.93. The van der Waals surface area contributed by atoms with Crippen molar-refractivity contribution in [2.24, 2.45) is 0 Å². The van der Waals surface area contributed by atoms with Gasteiger partial charge in [-0.15, -0.1) is 11.3 Å². The number of ether oxygens (including phenoxy) is 2. The molecule has 3 heterocycles. The van der Waals surface area contributed by atoms with Gasteiger partial charge in [0.25, 0.3) is 5.91 Å². The van der Waals surface area contributed by atoms with E-state index >= 15 is 0 Å². The van der Waals surface area contributed by atoms with Crippen molar-refractivity contribution in [2.75, 3.05) is 38.2 Å². The summed E-state index contributed by atoms with van der Waals surface area (Å²) in [5.74, 6) is 0.524. The molecule has 1 fully saturated rings. The quantitative estimate of drug-likeness (QED) is 0.867. The minimum absolute atomic E-state index is 0.206. The molecule has 2 aliphatic heterocycles. The summed E-state index contributed by atoms with van der Waals surface area (Å²) in [5.41, 5.74) is 2.31. The molecule has 1 amide bonds. The van der Waals surface area contributed by atoms with Gasteiger partial charge in [0.05, 0.1) is 24.5 Å². The highest BCUT2D eigenvalue weighted by atomic mass is 35.5. The fourth-order valence-corrected chi connectivity index (χ4v) is 3.76. The summed E-state index contributed by atoms with van der Waals surface area (Å²) in [4.78, 5) is 19.3. The Morgan fingerprint density at radius 2 is 2.19 bits per heavy atom. The van der Waals surface area contributed by atoms with Crippen molar-refractivity contribution in [3.05, 3.63) is 45.4 Å². The van der Waals surface area contributed by atoms with Crippen LogP contribution in [0.4, 0.5) is 5.13 Å². The van der Waals surface area contributed by atoms with Gasteiger partial charge in [0.1, 0.15) is 12.4 Å². The summed E-state index contributed by atoms with van der Waals surface area (Å²) in [6, 6.07) is 5.36. The molecule has 0 bridgehead atoms. The normalized spacial score (nSPS) is 17.2. The fourth-order valence-electron chi connectivity index (χ4n) is 2.88. The molecule has 6 nitrogen and oxygen atoms in total. The predicted molar refractivity (Wildman–Crippen MR) is 102 cm³/mol. The lowest BCUT2D eigenvalue weighted by Gasteiger charge is -2.25. The van der Waals surface area contributed by atoms with Crippen molar-refractivity contribution in [1.29, 1.82) is 0 Å². The monoisotopic (exact) mass is 391 g/mol. The van der Waals surface area contributed by atoms with Gasteiger partial charge in [-0.25, -0.2) is 4.98 Å². The van der Waals surface area contributed by atoms with Gasteiger partial charge in [0, 0.05) is 35.6 Å². The molecule has 8 heteroatoms. The molecule has 0 unspecified atom stereocenters. The number of hydrogen-bond acceptors (Lipinski definition) is 6. The zero-order chi connectivity index (χ0) is 17.9. The number of hydrogen-bond donors (Lipinski definition) is 1. The maximum atomic E-state index is 12.5. The number of aromatic nitrogens is 1. The van der Waals surface area contributed by atoms with Gasteiger partial charge in [-0.05, 0) is 24.3 Å². The van der Waals surface area contributed by atoms with Crippen molar-refractivity contribution in [1.82, 2.24) is 9.88 Å². The number of rotatable bonds is 4. The van der Waals surface area contributed by atoms with Gasteiger partial charge in [0.2, 0.25) is 0 Å². The average molecular weight is 392 g/mol. The number of benzene rings is 1. The van der Waals surface area contributed by atoms with Crippen LogP contribution in [-0.2, 0) is 16.1 Å². The third-order valence-corrected chi connectivity index (χ3v) is 5.28. The Kier molecular flexibility index (Phi) is 5.21. The van der Waals surface area contributed by atoms with E-state index in [4.69, 9.17) is 21.1 Å². The second-order valence-corrected chi connectivity index (χ2v) is 7.42. The van der Waals surface area contributed by atoms with Crippen LogP contribution >= 0.6 is 22.9 Å². The molecular weight excluding hydrogens is 374 g/mol. The molecule has 26 heavy (non-hydrogen) atoms. The number of amides is 1. The van der Waals surface area contributed by atoms with Crippen LogP contribution in [0.15, 0.2) is 29.2 Å². The van der Waals surface area contributed by atoms with Gasteiger partial charge < -0.3 is 9.47 Å². The SMILES string of the molecule is O=C(Nc1nc(CN2CCOCC2)cs1)C1=Cc2cc(Cl)ccc2OC1. The fraction of sp³-hybridized carbons (Fsp3) is 0.333. The first kappa shape index (κ1) is 17.5. The lowest BCUT2D eigenvalue weighted by Crippen LogP contribution is -2.35. The molecule has 4 rings (SSSR count). The Bertz CT molecular complexity index is 846. The zero-order valence-electron chi connectivity index (χ0n) is 14.0. The number of nitrogens with one attached hydrogen (secondary N) is 1. The maximum absolute atomic E-state index is 12.5. The van der Waals surface area contributed by atoms with Crippen molar-refractivity contribution < 1.29 is 14.3 Å². The number of nitrogens with zero attached hydrogens (tertiary/aromatic N) is 2. The second-order valence-electron chi connectivity index (χ2n) is 6.13. The lowest BCUT2D eigenvalue weighted by atomic mass is 10.1. The van der Waals surface area contributed by atoms with E-state index in [9.17, 15) is 4.79 Å². The molecule has 0 atom stereocenters. The Morgan fingerprint density at radius 1 is 1.35 bits per heavy atom. The van der Waals surface area contributed by atoms with Crippen LogP contribution in [0.2, 0.25) is 5.02 Å². The van der Waals surface area contributed by atoms with Gasteiger partial charge >= 0.3 is 0 Å². The summed E-state index contributed by atoms with van der Waals surface area (Å²) in [6.07, 6.45) is 1.81. The van der Waals surface area contributed by atoms with E-state index in [0.717, 1.165) is 49.9 Å². The maximum Gasteiger partial charge on any atom is 0.256 e. The van der Waals surface area contributed by atoms with Gasteiger partial charge in [-0.3, -0.25) is 15.0 Å². The molecule has 0 radical (unpaired) electrons. The Morgan fingerprint density at radius 3 is 3.04 bits per heavy atom. The zero-order valence-corrected chi connectivity index (χ0v) is 15.6. The van der Waals surface area contributed by atoms with E-state index in [-0.39, 0.29) is 12.5 Å². The van der Waals surface area contributed by atoms with Crippen LogP contribution < -0.4 is 10.1 Å². The van der Waals surface area contributed by atoms with Gasteiger partial charge in [-0.2, -0.15) is 0 Å². The smallest absolute Gasteiger partial charge is 0.256 e. The first-order chi connectivity index (χ1) is 12.7. The molecule has 2 aromatic rings. The van der Waals surface area contributed by atoms with Gasteiger partial charge in [0.15, 0.2) is 5.13 Å². The van der Waals surface area contributed by atoms with E-state index in [0.29, 0.717) is 15.7 Å². The van der Waals surface area contributed by atoms with E-state index in [2.05, 4.69) is 15.2 Å². The topological polar surface area (TPSA) is 63.7 Å². The van der Waals surface area contributed by atoms with E-state index < -0.39 is 0 Å². The number of thiazole rings is 1. The van der Waals surface area contributed by atoms with Crippen molar-refractivity contribution in [3.63, 3.8) is 0 Å². The number of morpholine rings is 1. The molecule has 1 aromatic heterocycles. The van der Waals surface area contributed by atoms with Crippen molar-refractivity contribution in [3.8, 4) is 5.75 Å². The second kappa shape index (κ2) is 7.75. The Balaban J connectivity index is 1.40. The molecule has 1 N–H and O–H groups in total. The number of carbonyl (C=O) groups is 1. The minimum atomic E-state index is -0.206. The Labute approximate surface area is 160 Å². The summed E-state index contributed by atoms with van der Waals surface area (Å²) in [6.45, 7) is 4.33. The van der Waals surface area contributed by atoms with Gasteiger partial charge in [-0.1, -0.05) is 11.6 Å². The molecule has 136 valence electrons. The summed E-state index contributed by atoms with van der Waals surface area (Å²) >= 11 is 7.44. The molecule has 1 aromatic carbocycles. The highest BCUT2D eigenvalue weighted by Gasteiger charge is 2.19. The average Bonchev–Trinajstić information content (AvgIpc) is 3.08. The highest BCUT2D eigenvalue weighted by Crippen LogP contribution is 2.29.